The fourth-order valence-electron chi connectivity index (χ4n) is 3.14. The minimum Gasteiger partial charge on any atom is -0.493 e. The van der Waals surface area contributed by atoms with Gasteiger partial charge in [-0.15, -0.1) is 12.4 Å². The molecule has 1 amide bonds. The van der Waals surface area contributed by atoms with Crippen molar-refractivity contribution >= 4 is 24.3 Å². The number of carboxylic acids is 1. The van der Waals surface area contributed by atoms with Gasteiger partial charge in [-0.05, 0) is 57.5 Å². The third-order valence-corrected chi connectivity index (χ3v) is 4.67. The van der Waals surface area contributed by atoms with Gasteiger partial charge in [0.05, 0.1) is 32.2 Å². The highest BCUT2D eigenvalue weighted by atomic mass is 35.5. The Morgan fingerprint density at radius 2 is 1.96 bits per heavy atom. The quantitative estimate of drug-likeness (QED) is 0.697. The van der Waals surface area contributed by atoms with Gasteiger partial charge in [0.15, 0.2) is 11.5 Å². The SMILES string of the molecule is CCOc1ccc(C(C)NC(=O)CN2CCC(C(=O)O)CC2)cc1OC.Cl. The van der Waals surface area contributed by atoms with Crippen LogP contribution in [0.3, 0.4) is 0 Å². The molecule has 0 aliphatic carbocycles. The number of piperidine rings is 1. The van der Waals surface area contributed by atoms with Crippen molar-refractivity contribution in [3.05, 3.63) is 23.8 Å². The molecule has 0 radical (unpaired) electrons. The van der Waals surface area contributed by atoms with Gasteiger partial charge in [0.25, 0.3) is 0 Å². The fourth-order valence-corrected chi connectivity index (χ4v) is 3.14. The molecule has 7 nitrogen and oxygen atoms in total. The predicted octanol–water partition coefficient (Wildman–Crippen LogP) is 2.49. The van der Waals surface area contributed by atoms with Crippen molar-refractivity contribution in [3.8, 4) is 11.5 Å². The molecular formula is C19H29ClN2O5. The van der Waals surface area contributed by atoms with E-state index in [1.165, 1.54) is 0 Å². The van der Waals surface area contributed by atoms with Crippen LogP contribution in [0.5, 0.6) is 11.5 Å². The molecule has 8 heteroatoms. The molecule has 1 fully saturated rings. The number of rotatable bonds is 8. The maximum Gasteiger partial charge on any atom is 0.306 e. The van der Waals surface area contributed by atoms with E-state index in [9.17, 15) is 9.59 Å². The van der Waals surface area contributed by atoms with Crippen LogP contribution in [0.15, 0.2) is 18.2 Å². The van der Waals surface area contributed by atoms with Gasteiger partial charge in [0.2, 0.25) is 5.91 Å². The highest BCUT2D eigenvalue weighted by molar-refractivity contribution is 5.85. The first-order valence-electron chi connectivity index (χ1n) is 8.99. The van der Waals surface area contributed by atoms with E-state index >= 15 is 0 Å². The minimum absolute atomic E-state index is 0. The average molecular weight is 401 g/mol. The van der Waals surface area contributed by atoms with Gasteiger partial charge >= 0.3 is 5.97 Å². The average Bonchev–Trinajstić information content (AvgIpc) is 2.62. The largest absolute Gasteiger partial charge is 0.493 e. The van der Waals surface area contributed by atoms with Gasteiger partial charge < -0.3 is 19.9 Å². The van der Waals surface area contributed by atoms with Crippen molar-refractivity contribution in [3.63, 3.8) is 0 Å². The maximum atomic E-state index is 12.3. The van der Waals surface area contributed by atoms with Crippen molar-refractivity contribution in [2.24, 2.45) is 5.92 Å². The van der Waals surface area contributed by atoms with Gasteiger partial charge in [-0.2, -0.15) is 0 Å². The molecule has 0 spiro atoms. The zero-order chi connectivity index (χ0) is 19.1. The topological polar surface area (TPSA) is 88.1 Å². The molecule has 152 valence electrons. The first-order valence-corrected chi connectivity index (χ1v) is 8.99. The Bertz CT molecular complexity index is 633. The summed E-state index contributed by atoms with van der Waals surface area (Å²) in [6, 6.07) is 5.46. The molecule has 1 aromatic rings. The summed E-state index contributed by atoms with van der Waals surface area (Å²) >= 11 is 0. The number of carboxylic acid groups (broad SMARTS) is 1. The van der Waals surface area contributed by atoms with Crippen molar-refractivity contribution in [2.75, 3.05) is 33.4 Å². The first-order chi connectivity index (χ1) is 12.4. The molecule has 2 rings (SSSR count). The van der Waals surface area contributed by atoms with E-state index < -0.39 is 5.97 Å². The number of nitrogens with one attached hydrogen (secondary N) is 1. The number of amides is 1. The second kappa shape index (κ2) is 11.0. The monoisotopic (exact) mass is 400 g/mol. The Morgan fingerprint density at radius 3 is 2.52 bits per heavy atom. The third-order valence-electron chi connectivity index (χ3n) is 4.67. The zero-order valence-corrected chi connectivity index (χ0v) is 16.9. The lowest BCUT2D eigenvalue weighted by molar-refractivity contribution is -0.143. The smallest absolute Gasteiger partial charge is 0.306 e. The number of halogens is 1. The molecule has 0 bridgehead atoms. The van der Waals surface area contributed by atoms with Crippen LogP contribution in [0.1, 0.15) is 38.3 Å². The van der Waals surface area contributed by atoms with Crippen molar-refractivity contribution in [1.82, 2.24) is 10.2 Å². The van der Waals surface area contributed by atoms with E-state index in [1.807, 2.05) is 36.9 Å². The second-order valence-electron chi connectivity index (χ2n) is 6.52. The lowest BCUT2D eigenvalue weighted by Crippen LogP contribution is -2.43. The Kier molecular flexibility index (Phi) is 9.38. The van der Waals surface area contributed by atoms with E-state index in [2.05, 4.69) is 5.32 Å². The van der Waals surface area contributed by atoms with E-state index in [-0.39, 0.29) is 36.8 Å². The van der Waals surface area contributed by atoms with Crippen LogP contribution in [-0.4, -0.2) is 55.2 Å². The molecule has 1 aromatic carbocycles. The molecule has 0 saturated carbocycles. The summed E-state index contributed by atoms with van der Waals surface area (Å²) in [6.07, 6.45) is 1.18. The Labute approximate surface area is 166 Å². The van der Waals surface area contributed by atoms with Crippen LogP contribution in [-0.2, 0) is 9.59 Å². The van der Waals surface area contributed by atoms with Crippen LogP contribution in [0.25, 0.3) is 0 Å². The maximum absolute atomic E-state index is 12.3. The zero-order valence-electron chi connectivity index (χ0n) is 16.1. The molecule has 1 aliphatic heterocycles. The Balaban J connectivity index is 0.00000364. The van der Waals surface area contributed by atoms with E-state index in [0.717, 1.165) is 5.56 Å². The molecule has 1 unspecified atom stereocenters. The lowest BCUT2D eigenvalue weighted by atomic mass is 9.97. The molecule has 1 heterocycles. The minimum atomic E-state index is -0.743. The van der Waals surface area contributed by atoms with Crippen LogP contribution in [0, 0.1) is 5.92 Å². The number of methoxy groups -OCH3 is 1. The number of carbonyl (C=O) groups is 2. The molecule has 2 N–H and O–H groups in total. The van der Waals surface area contributed by atoms with Gasteiger partial charge in [-0.1, -0.05) is 6.07 Å². The number of hydrogen-bond donors (Lipinski definition) is 2. The summed E-state index contributed by atoms with van der Waals surface area (Å²) in [5.41, 5.74) is 0.934. The van der Waals surface area contributed by atoms with Crippen LogP contribution < -0.4 is 14.8 Å². The van der Waals surface area contributed by atoms with Crippen LogP contribution >= 0.6 is 12.4 Å². The molecular weight excluding hydrogens is 372 g/mol. The summed E-state index contributed by atoms with van der Waals surface area (Å²) in [5.74, 6) is 0.218. The van der Waals surface area contributed by atoms with Gasteiger partial charge in [0.1, 0.15) is 0 Å². The summed E-state index contributed by atoms with van der Waals surface area (Å²) < 4.78 is 10.9. The van der Waals surface area contributed by atoms with E-state index in [1.54, 1.807) is 7.11 Å². The summed E-state index contributed by atoms with van der Waals surface area (Å²) in [4.78, 5) is 25.3. The van der Waals surface area contributed by atoms with Crippen molar-refractivity contribution in [1.29, 1.82) is 0 Å². The fraction of sp³-hybridized carbons (Fsp3) is 0.579. The normalized spacial score (nSPS) is 16.1. The number of hydrogen-bond acceptors (Lipinski definition) is 5. The highest BCUT2D eigenvalue weighted by Crippen LogP contribution is 2.30. The molecule has 1 saturated heterocycles. The Morgan fingerprint density at radius 1 is 1.30 bits per heavy atom. The predicted molar refractivity (Wildman–Crippen MR) is 105 cm³/mol. The highest BCUT2D eigenvalue weighted by Gasteiger charge is 2.25. The number of likely N-dealkylation sites (tertiary alicyclic amines) is 1. The van der Waals surface area contributed by atoms with Crippen molar-refractivity contribution in [2.45, 2.75) is 32.7 Å². The van der Waals surface area contributed by atoms with E-state index in [0.29, 0.717) is 44.0 Å². The first kappa shape index (κ1) is 23.0. The standard InChI is InChI=1S/C19H28N2O5.ClH/c1-4-26-16-6-5-15(11-17(16)25-3)13(2)20-18(22)12-21-9-7-14(8-10-21)19(23)24;/h5-6,11,13-14H,4,7-10,12H2,1-3H3,(H,20,22)(H,23,24);1H. The molecule has 27 heavy (non-hydrogen) atoms. The van der Waals surface area contributed by atoms with Gasteiger partial charge in [-0.3, -0.25) is 14.5 Å². The summed E-state index contributed by atoms with van der Waals surface area (Å²) in [6.45, 7) is 5.94. The summed E-state index contributed by atoms with van der Waals surface area (Å²) in [7, 11) is 1.59. The van der Waals surface area contributed by atoms with E-state index in [4.69, 9.17) is 14.6 Å². The van der Waals surface area contributed by atoms with Crippen LogP contribution in [0.2, 0.25) is 0 Å². The number of benzene rings is 1. The third kappa shape index (κ3) is 6.59. The Hall–Kier alpha value is -1.99. The number of aliphatic carboxylic acids is 1. The summed E-state index contributed by atoms with van der Waals surface area (Å²) in [5, 5.41) is 12.0. The van der Waals surface area contributed by atoms with Crippen molar-refractivity contribution < 1.29 is 24.2 Å². The van der Waals surface area contributed by atoms with Gasteiger partial charge in [0, 0.05) is 0 Å². The lowest BCUT2D eigenvalue weighted by Gasteiger charge is -2.29. The number of ether oxygens (including phenoxy) is 2. The molecule has 1 atom stereocenters. The number of carbonyl (C=O) groups excluding carboxylic acids is 1. The molecule has 0 aromatic heterocycles. The van der Waals surface area contributed by atoms with Crippen LogP contribution in [0.4, 0.5) is 0 Å². The number of nitrogens with zero attached hydrogens (tertiary/aromatic N) is 1. The van der Waals surface area contributed by atoms with Gasteiger partial charge in [-0.25, -0.2) is 0 Å². The molecule has 1 aliphatic rings. The second-order valence-corrected chi connectivity index (χ2v) is 6.52.